The number of hydrogen-bond donors (Lipinski definition) is 1. The maximum Gasteiger partial charge on any atom is 0.264 e. The lowest BCUT2D eigenvalue weighted by Crippen LogP contribution is -2.38. The molecule has 0 saturated carbocycles. The lowest BCUT2D eigenvalue weighted by atomic mass is 10.2. The zero-order valence-electron chi connectivity index (χ0n) is 19.8. The van der Waals surface area contributed by atoms with Gasteiger partial charge in [0.05, 0.1) is 20.8 Å². The summed E-state index contributed by atoms with van der Waals surface area (Å²) in [4.78, 5) is 17.8. The highest BCUT2D eigenvalue weighted by Crippen LogP contribution is 2.31. The molecule has 9 heteroatoms. The summed E-state index contributed by atoms with van der Waals surface area (Å²) >= 11 is 4.99. The number of nitrogens with zero attached hydrogens (tertiary/aromatic N) is 2. The van der Waals surface area contributed by atoms with Gasteiger partial charge in [-0.1, -0.05) is 40.2 Å². The number of amides is 1. The molecule has 6 nitrogen and oxygen atoms in total. The van der Waals surface area contributed by atoms with Crippen LogP contribution in [0.2, 0.25) is 0 Å². The molecule has 0 bridgehead atoms. The predicted octanol–water partition coefficient (Wildman–Crippen LogP) is 6.87. The van der Waals surface area contributed by atoms with Crippen LogP contribution in [-0.4, -0.2) is 25.9 Å². The van der Waals surface area contributed by atoms with Gasteiger partial charge in [-0.3, -0.25) is 9.10 Å². The van der Waals surface area contributed by atoms with Crippen molar-refractivity contribution in [3.8, 4) is 10.6 Å². The van der Waals surface area contributed by atoms with Gasteiger partial charge in [0.25, 0.3) is 10.0 Å². The Morgan fingerprint density at radius 2 is 1.65 bits per heavy atom. The van der Waals surface area contributed by atoms with E-state index >= 15 is 0 Å². The number of carbonyl (C=O) groups is 1. The second-order valence-corrected chi connectivity index (χ2v) is 12.2. The summed E-state index contributed by atoms with van der Waals surface area (Å²) in [5.41, 5.74) is 4.05. The first-order chi connectivity index (χ1) is 17.8. The van der Waals surface area contributed by atoms with Crippen LogP contribution in [0.1, 0.15) is 5.56 Å². The lowest BCUT2D eigenvalue weighted by Gasteiger charge is -2.24. The minimum absolute atomic E-state index is 0.112. The van der Waals surface area contributed by atoms with Gasteiger partial charge in [-0.15, -0.1) is 11.3 Å². The van der Waals surface area contributed by atoms with Gasteiger partial charge in [0.2, 0.25) is 5.91 Å². The Morgan fingerprint density at radius 1 is 0.946 bits per heavy atom. The van der Waals surface area contributed by atoms with Gasteiger partial charge in [0, 0.05) is 15.7 Å². The molecular formula is C28H22BrN3O3S2. The van der Waals surface area contributed by atoms with E-state index in [0.29, 0.717) is 11.4 Å². The van der Waals surface area contributed by atoms with E-state index in [4.69, 9.17) is 4.98 Å². The Balaban J connectivity index is 1.36. The first-order valence-corrected chi connectivity index (χ1v) is 14.5. The number of thiazole rings is 1. The predicted molar refractivity (Wildman–Crippen MR) is 154 cm³/mol. The summed E-state index contributed by atoms with van der Waals surface area (Å²) in [5, 5.41) is 3.72. The Kier molecular flexibility index (Phi) is 7.10. The van der Waals surface area contributed by atoms with E-state index in [1.165, 1.54) is 17.7 Å². The number of aromatic nitrogens is 1. The molecule has 186 valence electrons. The SMILES string of the molecule is Cc1ccc2nc(-c3ccc(NC(=O)CN(c4ccc(Br)cc4)S(=O)(=O)c4ccccc4)cc3)sc2c1. The van der Waals surface area contributed by atoms with Crippen LogP contribution in [0.25, 0.3) is 20.8 Å². The smallest absolute Gasteiger partial charge is 0.264 e. The van der Waals surface area contributed by atoms with Crippen LogP contribution in [0.3, 0.4) is 0 Å². The summed E-state index contributed by atoms with van der Waals surface area (Å²) in [5.74, 6) is -0.453. The van der Waals surface area contributed by atoms with Crippen molar-refractivity contribution in [3.63, 3.8) is 0 Å². The molecule has 1 heterocycles. The highest BCUT2D eigenvalue weighted by atomic mass is 79.9. The topological polar surface area (TPSA) is 79.4 Å². The number of nitrogens with one attached hydrogen (secondary N) is 1. The van der Waals surface area contributed by atoms with Crippen molar-refractivity contribution in [2.75, 3.05) is 16.2 Å². The lowest BCUT2D eigenvalue weighted by molar-refractivity contribution is -0.114. The third-order valence-electron chi connectivity index (χ3n) is 5.69. The highest BCUT2D eigenvalue weighted by Gasteiger charge is 2.27. The van der Waals surface area contributed by atoms with Gasteiger partial charge in [-0.05, 0) is 85.3 Å². The Morgan fingerprint density at radius 3 is 2.35 bits per heavy atom. The first kappa shape index (κ1) is 25.1. The van der Waals surface area contributed by atoms with Crippen molar-refractivity contribution in [2.24, 2.45) is 0 Å². The third kappa shape index (κ3) is 5.58. The molecule has 0 aliphatic rings. The monoisotopic (exact) mass is 591 g/mol. The number of fused-ring (bicyclic) bond motifs is 1. The number of aryl methyl sites for hydroxylation is 1. The van der Waals surface area contributed by atoms with Crippen molar-refractivity contribution in [1.29, 1.82) is 0 Å². The van der Waals surface area contributed by atoms with Gasteiger partial charge < -0.3 is 5.32 Å². The summed E-state index contributed by atoms with van der Waals surface area (Å²) in [6.45, 7) is 1.68. The minimum atomic E-state index is -3.96. The maximum atomic E-state index is 13.4. The first-order valence-electron chi connectivity index (χ1n) is 11.4. The van der Waals surface area contributed by atoms with Gasteiger partial charge >= 0.3 is 0 Å². The van der Waals surface area contributed by atoms with Gasteiger partial charge in [-0.25, -0.2) is 13.4 Å². The van der Waals surface area contributed by atoms with Crippen LogP contribution in [0, 0.1) is 6.92 Å². The minimum Gasteiger partial charge on any atom is -0.325 e. The van der Waals surface area contributed by atoms with Crippen LogP contribution >= 0.6 is 27.3 Å². The molecule has 0 atom stereocenters. The second kappa shape index (κ2) is 10.5. The van der Waals surface area contributed by atoms with Crippen LogP contribution in [-0.2, 0) is 14.8 Å². The number of sulfonamides is 1. The fraction of sp³-hybridized carbons (Fsp3) is 0.0714. The molecule has 5 rings (SSSR count). The van der Waals surface area contributed by atoms with Crippen molar-refractivity contribution in [2.45, 2.75) is 11.8 Å². The number of rotatable bonds is 7. The quantitative estimate of drug-likeness (QED) is 0.224. The van der Waals surface area contributed by atoms with Crippen LogP contribution in [0.5, 0.6) is 0 Å². The molecule has 0 aliphatic carbocycles. The molecule has 0 radical (unpaired) electrons. The fourth-order valence-corrected chi connectivity index (χ4v) is 6.60. The summed E-state index contributed by atoms with van der Waals surface area (Å²) in [6.07, 6.45) is 0. The molecule has 0 saturated heterocycles. The van der Waals surface area contributed by atoms with Crippen LogP contribution < -0.4 is 9.62 Å². The zero-order chi connectivity index (χ0) is 26.0. The van der Waals surface area contributed by atoms with Crippen LogP contribution in [0.15, 0.2) is 106 Å². The van der Waals surface area contributed by atoms with Crippen molar-refractivity contribution >= 4 is 64.8 Å². The summed E-state index contributed by atoms with van der Waals surface area (Å²) in [7, 11) is -3.96. The largest absolute Gasteiger partial charge is 0.325 e. The van der Waals surface area contributed by atoms with Crippen molar-refractivity contribution < 1.29 is 13.2 Å². The molecule has 5 aromatic rings. The van der Waals surface area contributed by atoms with E-state index in [2.05, 4.69) is 34.2 Å². The molecule has 1 aromatic heterocycles. The number of hydrogen-bond acceptors (Lipinski definition) is 5. The maximum absolute atomic E-state index is 13.4. The number of carbonyl (C=O) groups excluding carboxylic acids is 1. The number of halogens is 1. The molecule has 0 spiro atoms. The molecule has 0 fully saturated rings. The summed E-state index contributed by atoms with van der Waals surface area (Å²) in [6, 6.07) is 28.4. The molecule has 4 aromatic carbocycles. The van der Waals surface area contributed by atoms with Crippen molar-refractivity contribution in [1.82, 2.24) is 4.98 Å². The van der Waals surface area contributed by atoms with E-state index in [1.807, 2.05) is 24.3 Å². The van der Waals surface area contributed by atoms with E-state index < -0.39 is 15.9 Å². The molecule has 37 heavy (non-hydrogen) atoms. The zero-order valence-corrected chi connectivity index (χ0v) is 23.0. The number of anilines is 2. The number of benzene rings is 4. The van der Waals surface area contributed by atoms with E-state index in [-0.39, 0.29) is 11.4 Å². The van der Waals surface area contributed by atoms with E-state index in [9.17, 15) is 13.2 Å². The van der Waals surface area contributed by atoms with E-state index in [1.54, 1.807) is 65.9 Å². The van der Waals surface area contributed by atoms with Gasteiger partial charge in [-0.2, -0.15) is 0 Å². The Bertz CT molecular complexity index is 1670. The highest BCUT2D eigenvalue weighted by molar-refractivity contribution is 9.10. The van der Waals surface area contributed by atoms with Gasteiger partial charge in [0.15, 0.2) is 0 Å². The van der Waals surface area contributed by atoms with Crippen molar-refractivity contribution in [3.05, 3.63) is 107 Å². The summed E-state index contributed by atoms with van der Waals surface area (Å²) < 4.78 is 29.9. The second-order valence-electron chi connectivity index (χ2n) is 8.42. The molecule has 1 N–H and O–H groups in total. The van der Waals surface area contributed by atoms with Crippen LogP contribution in [0.4, 0.5) is 11.4 Å². The average molecular weight is 593 g/mol. The van der Waals surface area contributed by atoms with Gasteiger partial charge in [0.1, 0.15) is 11.6 Å². The molecule has 0 aliphatic heterocycles. The average Bonchev–Trinajstić information content (AvgIpc) is 3.32. The molecule has 0 unspecified atom stereocenters. The Hall–Kier alpha value is -3.53. The third-order valence-corrected chi connectivity index (χ3v) is 9.08. The Labute approximate surface area is 227 Å². The molecular weight excluding hydrogens is 570 g/mol. The fourth-order valence-electron chi connectivity index (χ4n) is 3.82. The normalized spacial score (nSPS) is 11.4. The van der Waals surface area contributed by atoms with E-state index in [0.717, 1.165) is 29.6 Å². The molecule has 1 amide bonds. The standard InChI is InChI=1S/C28H22BrN3O3S2/c1-19-7-16-25-26(17-19)36-28(31-25)20-8-12-22(13-9-20)30-27(33)18-32(23-14-10-21(29)11-15-23)37(34,35)24-5-3-2-4-6-24/h2-17H,18H2,1H3,(H,30,33).